The third-order valence-electron chi connectivity index (χ3n) is 3.08. The van der Waals surface area contributed by atoms with Crippen molar-refractivity contribution in [1.29, 1.82) is 0 Å². The number of hydrogen-bond donors (Lipinski definition) is 1. The Bertz CT molecular complexity index is 700. The first kappa shape index (κ1) is 17.7. The maximum Gasteiger partial charge on any atom is 0.434 e. The normalized spacial score (nSPS) is 13.4. The van der Waals surface area contributed by atoms with E-state index in [1.807, 2.05) is 0 Å². The summed E-state index contributed by atoms with van der Waals surface area (Å²) in [5.74, 6) is 0. The summed E-state index contributed by atoms with van der Waals surface area (Å²) in [6.45, 7) is -0.213. The number of aliphatic imine (C=N–C) groups is 1. The molecule has 1 N–H and O–H groups in total. The topological polar surface area (TPSA) is 58.9 Å². The van der Waals surface area contributed by atoms with Crippen LogP contribution < -0.4 is 0 Å². The second kappa shape index (κ2) is 7.74. The van der Waals surface area contributed by atoms with E-state index in [0.717, 1.165) is 0 Å². The van der Waals surface area contributed by atoms with Crippen LogP contribution in [-0.2, 0) is 11.3 Å². The molecule has 4 nitrogen and oxygen atoms in total. The highest BCUT2D eigenvalue weighted by Gasteiger charge is 2.41. The average molecular weight is 337 g/mol. The van der Waals surface area contributed by atoms with E-state index in [1.54, 1.807) is 36.4 Å². The number of alkyl halides is 3. The zero-order valence-corrected chi connectivity index (χ0v) is 12.4. The van der Waals surface area contributed by atoms with Gasteiger partial charge >= 0.3 is 12.3 Å². The summed E-state index contributed by atoms with van der Waals surface area (Å²) >= 11 is 0. The van der Waals surface area contributed by atoms with Gasteiger partial charge in [-0.3, -0.25) is 0 Å². The molecule has 0 aliphatic rings. The first-order chi connectivity index (χ1) is 11.4. The molecule has 1 amide bonds. The Kier molecular flexibility index (Phi) is 5.70. The van der Waals surface area contributed by atoms with Crippen molar-refractivity contribution in [3.8, 4) is 0 Å². The van der Waals surface area contributed by atoms with Gasteiger partial charge in [0.2, 0.25) is 0 Å². The number of rotatable bonds is 4. The molecule has 0 unspecified atom stereocenters. The molecule has 0 aliphatic carbocycles. The molecule has 2 rings (SSSR count). The van der Waals surface area contributed by atoms with Crippen LogP contribution in [0, 0.1) is 0 Å². The lowest BCUT2D eigenvalue weighted by Crippen LogP contribution is -2.30. The number of ether oxygens (including phenoxy) is 1. The van der Waals surface area contributed by atoms with Crippen molar-refractivity contribution in [3.63, 3.8) is 0 Å². The van der Waals surface area contributed by atoms with Gasteiger partial charge in [-0.25, -0.2) is 4.79 Å². The van der Waals surface area contributed by atoms with Crippen LogP contribution in [-0.4, -0.2) is 23.1 Å². The molecule has 1 atom stereocenters. The predicted molar refractivity (Wildman–Crippen MR) is 81.5 cm³/mol. The molecule has 0 aromatic heterocycles. The van der Waals surface area contributed by atoms with Gasteiger partial charge in [0, 0.05) is 0 Å². The molecule has 126 valence electrons. The van der Waals surface area contributed by atoms with E-state index in [2.05, 4.69) is 4.99 Å². The molecule has 2 aromatic carbocycles. The lowest BCUT2D eigenvalue weighted by Gasteiger charge is -2.16. The average Bonchev–Trinajstić information content (AvgIpc) is 2.58. The van der Waals surface area contributed by atoms with E-state index in [9.17, 15) is 23.1 Å². The van der Waals surface area contributed by atoms with E-state index in [-0.39, 0.29) is 12.2 Å². The first-order valence-electron chi connectivity index (χ1n) is 6.97. The Morgan fingerprint density at radius 3 is 2.12 bits per heavy atom. The molecular weight excluding hydrogens is 323 g/mol. The van der Waals surface area contributed by atoms with E-state index in [1.165, 1.54) is 24.3 Å². The van der Waals surface area contributed by atoms with Crippen molar-refractivity contribution in [1.82, 2.24) is 0 Å². The highest BCUT2D eigenvalue weighted by molar-refractivity contribution is 6.00. The largest absolute Gasteiger partial charge is 0.443 e. The number of benzene rings is 2. The maximum absolute atomic E-state index is 13.1. The van der Waals surface area contributed by atoms with Crippen molar-refractivity contribution >= 4 is 11.8 Å². The standard InChI is InChI=1S/C17H14F3NO3/c18-17(19,20)15(14(22)13-9-5-2-6-10-13)21-16(23)24-11-12-7-3-1-4-8-12/h1-10,14,22H,11H2/b21-15-/t14-/m1/s1. The van der Waals surface area contributed by atoms with Crippen LogP contribution in [0.1, 0.15) is 17.2 Å². The number of nitrogens with zero attached hydrogens (tertiary/aromatic N) is 1. The van der Waals surface area contributed by atoms with Gasteiger partial charge in [-0.1, -0.05) is 60.7 Å². The second-order valence-corrected chi connectivity index (χ2v) is 4.85. The summed E-state index contributed by atoms with van der Waals surface area (Å²) in [6, 6.07) is 15.6. The van der Waals surface area contributed by atoms with Crippen molar-refractivity contribution in [2.75, 3.05) is 0 Å². The van der Waals surface area contributed by atoms with Crippen LogP contribution in [0.5, 0.6) is 0 Å². The molecule has 0 saturated heterocycles. The fraction of sp³-hybridized carbons (Fsp3) is 0.176. The molecule has 0 heterocycles. The van der Waals surface area contributed by atoms with Crippen LogP contribution in [0.4, 0.5) is 18.0 Å². The van der Waals surface area contributed by atoms with Gasteiger partial charge in [-0.2, -0.15) is 18.2 Å². The van der Waals surface area contributed by atoms with Crippen LogP contribution >= 0.6 is 0 Å². The van der Waals surface area contributed by atoms with Gasteiger partial charge in [0.25, 0.3) is 0 Å². The number of carbonyl (C=O) groups excluding carboxylic acids is 1. The van der Waals surface area contributed by atoms with E-state index < -0.39 is 24.1 Å². The molecular formula is C17H14F3NO3. The lowest BCUT2D eigenvalue weighted by molar-refractivity contribution is -0.0667. The Labute approximate surface area is 136 Å². The fourth-order valence-corrected chi connectivity index (χ4v) is 1.92. The summed E-state index contributed by atoms with van der Waals surface area (Å²) in [6.07, 6.45) is -8.46. The molecule has 2 aromatic rings. The van der Waals surface area contributed by atoms with Crippen molar-refractivity contribution < 1.29 is 27.8 Å². The van der Waals surface area contributed by atoms with E-state index in [4.69, 9.17) is 4.74 Å². The van der Waals surface area contributed by atoms with Crippen LogP contribution in [0.2, 0.25) is 0 Å². The minimum atomic E-state index is -4.97. The number of carbonyl (C=O) groups is 1. The van der Waals surface area contributed by atoms with Gasteiger partial charge in [-0.15, -0.1) is 0 Å². The van der Waals surface area contributed by atoms with Gasteiger partial charge in [0.15, 0.2) is 5.71 Å². The molecule has 0 aliphatic heterocycles. The quantitative estimate of drug-likeness (QED) is 0.856. The van der Waals surface area contributed by atoms with Gasteiger partial charge in [-0.05, 0) is 11.1 Å². The third kappa shape index (κ3) is 4.92. The molecule has 7 heteroatoms. The van der Waals surface area contributed by atoms with Crippen LogP contribution in [0.15, 0.2) is 65.7 Å². The number of halogens is 3. The molecule has 0 saturated carbocycles. The predicted octanol–water partition coefficient (Wildman–Crippen LogP) is 4.06. The van der Waals surface area contributed by atoms with Crippen LogP contribution in [0.3, 0.4) is 0 Å². The zero-order chi connectivity index (χ0) is 17.6. The first-order valence-corrected chi connectivity index (χ1v) is 6.97. The fourth-order valence-electron chi connectivity index (χ4n) is 1.92. The minimum Gasteiger partial charge on any atom is -0.443 e. The summed E-state index contributed by atoms with van der Waals surface area (Å²) in [5.41, 5.74) is -1.03. The molecule has 0 bridgehead atoms. The highest BCUT2D eigenvalue weighted by atomic mass is 19.4. The number of aliphatic hydroxyl groups is 1. The Balaban J connectivity index is 2.15. The number of aliphatic hydroxyl groups excluding tert-OH is 1. The number of hydrogen-bond acceptors (Lipinski definition) is 3. The zero-order valence-electron chi connectivity index (χ0n) is 12.4. The molecule has 0 spiro atoms. The molecule has 24 heavy (non-hydrogen) atoms. The summed E-state index contributed by atoms with van der Waals surface area (Å²) < 4.78 is 43.9. The Morgan fingerprint density at radius 1 is 1.04 bits per heavy atom. The third-order valence-corrected chi connectivity index (χ3v) is 3.08. The molecule has 0 radical (unpaired) electrons. The summed E-state index contributed by atoms with van der Waals surface area (Å²) in [5, 5.41) is 9.89. The Hall–Kier alpha value is -2.67. The van der Waals surface area contributed by atoms with Gasteiger partial charge in [0.1, 0.15) is 12.7 Å². The van der Waals surface area contributed by atoms with Crippen molar-refractivity contribution in [3.05, 3.63) is 71.8 Å². The SMILES string of the molecule is O=C(/N=C(/[C@H](O)c1ccccc1)C(F)(F)F)OCc1ccccc1. The van der Waals surface area contributed by atoms with E-state index in [0.29, 0.717) is 5.56 Å². The van der Waals surface area contributed by atoms with Gasteiger partial charge in [0.05, 0.1) is 0 Å². The smallest absolute Gasteiger partial charge is 0.434 e. The molecule has 0 fully saturated rings. The Morgan fingerprint density at radius 2 is 1.58 bits per heavy atom. The van der Waals surface area contributed by atoms with Crippen molar-refractivity contribution in [2.24, 2.45) is 4.99 Å². The van der Waals surface area contributed by atoms with Crippen molar-refractivity contribution in [2.45, 2.75) is 18.9 Å². The second-order valence-electron chi connectivity index (χ2n) is 4.85. The van der Waals surface area contributed by atoms with E-state index >= 15 is 0 Å². The lowest BCUT2D eigenvalue weighted by atomic mass is 10.0. The summed E-state index contributed by atoms with van der Waals surface area (Å²) in [7, 11) is 0. The van der Waals surface area contributed by atoms with Gasteiger partial charge < -0.3 is 9.84 Å². The number of amides is 1. The summed E-state index contributed by atoms with van der Waals surface area (Å²) in [4.78, 5) is 14.5. The van der Waals surface area contributed by atoms with Crippen LogP contribution in [0.25, 0.3) is 0 Å². The highest BCUT2D eigenvalue weighted by Crippen LogP contribution is 2.27. The monoisotopic (exact) mass is 337 g/mol. The maximum atomic E-state index is 13.1. The minimum absolute atomic E-state index is 0.0237.